The van der Waals surface area contributed by atoms with Crippen molar-refractivity contribution in [2.75, 3.05) is 5.32 Å². The quantitative estimate of drug-likeness (QED) is 0.680. The number of carboxylic acid groups (broad SMARTS) is 1. The Balaban J connectivity index is 2.77. The molecule has 1 aromatic carbocycles. The zero-order valence-electron chi connectivity index (χ0n) is 10.8. The minimum absolute atomic E-state index is 0.156. The molecule has 0 unspecified atom stereocenters. The molecule has 2 atom stereocenters. The SMILES string of the molecule is C[C@@H](O)[C@H](NC(=O)Nc1cccc(C(F)(F)F)c1)C(=O)O. The summed E-state index contributed by atoms with van der Waals surface area (Å²) in [5, 5.41) is 21.9. The minimum Gasteiger partial charge on any atom is -0.480 e. The molecular weight excluding hydrogens is 293 g/mol. The Morgan fingerprint density at radius 1 is 1.29 bits per heavy atom. The van der Waals surface area contributed by atoms with Gasteiger partial charge >= 0.3 is 18.2 Å². The lowest BCUT2D eigenvalue weighted by Crippen LogP contribution is -2.49. The van der Waals surface area contributed by atoms with Crippen LogP contribution >= 0.6 is 0 Å². The fourth-order valence-electron chi connectivity index (χ4n) is 1.47. The van der Waals surface area contributed by atoms with E-state index in [1.165, 1.54) is 6.07 Å². The van der Waals surface area contributed by atoms with E-state index in [0.29, 0.717) is 6.07 Å². The molecule has 0 saturated carbocycles. The Labute approximate surface area is 117 Å². The summed E-state index contributed by atoms with van der Waals surface area (Å²) in [5.74, 6) is -1.47. The highest BCUT2D eigenvalue weighted by molar-refractivity contribution is 5.92. The van der Waals surface area contributed by atoms with Gasteiger partial charge in [0, 0.05) is 5.69 Å². The zero-order chi connectivity index (χ0) is 16.2. The summed E-state index contributed by atoms with van der Waals surface area (Å²) < 4.78 is 37.5. The highest BCUT2D eigenvalue weighted by Crippen LogP contribution is 2.30. The van der Waals surface area contributed by atoms with Gasteiger partial charge in [-0.05, 0) is 25.1 Å². The first-order chi connectivity index (χ1) is 9.61. The van der Waals surface area contributed by atoms with Gasteiger partial charge in [0.15, 0.2) is 6.04 Å². The van der Waals surface area contributed by atoms with Crippen molar-refractivity contribution in [1.82, 2.24) is 5.32 Å². The molecule has 116 valence electrons. The molecule has 4 N–H and O–H groups in total. The lowest BCUT2D eigenvalue weighted by atomic mass is 10.2. The van der Waals surface area contributed by atoms with Crippen LogP contribution in [0.4, 0.5) is 23.7 Å². The van der Waals surface area contributed by atoms with Crippen molar-refractivity contribution in [3.05, 3.63) is 29.8 Å². The summed E-state index contributed by atoms with van der Waals surface area (Å²) in [4.78, 5) is 22.3. The van der Waals surface area contributed by atoms with Crippen molar-refractivity contribution in [2.45, 2.75) is 25.2 Å². The maximum absolute atomic E-state index is 12.5. The molecule has 0 saturated heterocycles. The molecule has 0 aromatic heterocycles. The topological polar surface area (TPSA) is 98.7 Å². The first-order valence-electron chi connectivity index (χ1n) is 5.77. The van der Waals surface area contributed by atoms with Crippen LogP contribution in [0.3, 0.4) is 0 Å². The molecule has 1 aromatic rings. The van der Waals surface area contributed by atoms with E-state index in [2.05, 4.69) is 5.32 Å². The number of aliphatic carboxylic acids is 1. The molecule has 1 rings (SSSR count). The van der Waals surface area contributed by atoms with Gasteiger partial charge in [-0.15, -0.1) is 0 Å². The van der Waals surface area contributed by atoms with Crippen LogP contribution in [-0.2, 0) is 11.0 Å². The van der Waals surface area contributed by atoms with Crippen LogP contribution in [0, 0.1) is 0 Å². The highest BCUT2D eigenvalue weighted by Gasteiger charge is 2.30. The van der Waals surface area contributed by atoms with Crippen molar-refractivity contribution in [1.29, 1.82) is 0 Å². The minimum atomic E-state index is -4.56. The van der Waals surface area contributed by atoms with Gasteiger partial charge in [0.1, 0.15) is 0 Å². The van der Waals surface area contributed by atoms with Crippen molar-refractivity contribution in [2.24, 2.45) is 0 Å². The fraction of sp³-hybridized carbons (Fsp3) is 0.333. The van der Waals surface area contributed by atoms with E-state index in [1.807, 2.05) is 5.32 Å². The maximum Gasteiger partial charge on any atom is 0.416 e. The smallest absolute Gasteiger partial charge is 0.416 e. The lowest BCUT2D eigenvalue weighted by Gasteiger charge is -2.17. The second-order valence-corrected chi connectivity index (χ2v) is 4.23. The molecule has 0 bridgehead atoms. The van der Waals surface area contributed by atoms with Gasteiger partial charge in [-0.25, -0.2) is 9.59 Å². The third-order valence-corrected chi connectivity index (χ3v) is 2.48. The second kappa shape index (κ2) is 6.44. The summed E-state index contributed by atoms with van der Waals surface area (Å²) in [6, 6.07) is 1.24. The standard InChI is InChI=1S/C12H13F3N2O4/c1-6(18)9(10(19)20)17-11(21)16-8-4-2-3-7(5-8)12(13,14)15/h2-6,9,18H,1H3,(H,19,20)(H2,16,17,21)/t6-,9+/m1/s1. The normalized spacial score (nSPS) is 14.1. The Hall–Kier alpha value is -2.29. The predicted molar refractivity (Wildman–Crippen MR) is 66.7 cm³/mol. The monoisotopic (exact) mass is 306 g/mol. The van der Waals surface area contributed by atoms with E-state index in [4.69, 9.17) is 5.11 Å². The number of nitrogens with one attached hydrogen (secondary N) is 2. The van der Waals surface area contributed by atoms with E-state index < -0.39 is 35.9 Å². The average Bonchev–Trinajstić information content (AvgIpc) is 2.34. The number of amides is 2. The molecule has 0 aliphatic heterocycles. The number of aliphatic hydroxyl groups excluding tert-OH is 1. The second-order valence-electron chi connectivity index (χ2n) is 4.23. The molecular formula is C12H13F3N2O4. The molecule has 0 aliphatic rings. The van der Waals surface area contributed by atoms with Crippen LogP contribution in [-0.4, -0.2) is 34.4 Å². The predicted octanol–water partition coefficient (Wildman–Crippen LogP) is 1.66. The molecule has 6 nitrogen and oxygen atoms in total. The number of hydrogen-bond donors (Lipinski definition) is 4. The van der Waals surface area contributed by atoms with Crippen molar-refractivity contribution in [3.8, 4) is 0 Å². The number of halogens is 3. The maximum atomic E-state index is 12.5. The first kappa shape index (κ1) is 16.8. The van der Waals surface area contributed by atoms with Gasteiger partial charge in [-0.2, -0.15) is 13.2 Å². The van der Waals surface area contributed by atoms with Crippen LogP contribution in [0.15, 0.2) is 24.3 Å². The number of carboxylic acids is 1. The summed E-state index contributed by atoms with van der Waals surface area (Å²) in [5.41, 5.74) is -1.11. The fourth-order valence-corrected chi connectivity index (χ4v) is 1.47. The Morgan fingerprint density at radius 3 is 2.38 bits per heavy atom. The number of hydrogen-bond acceptors (Lipinski definition) is 3. The largest absolute Gasteiger partial charge is 0.480 e. The first-order valence-corrected chi connectivity index (χ1v) is 5.77. The number of alkyl halides is 3. The molecule has 0 fully saturated rings. The van der Waals surface area contributed by atoms with Crippen molar-refractivity contribution >= 4 is 17.7 Å². The molecule has 0 heterocycles. The van der Waals surface area contributed by atoms with Crippen LogP contribution in [0.25, 0.3) is 0 Å². The molecule has 0 aliphatic carbocycles. The van der Waals surface area contributed by atoms with Gasteiger partial charge in [-0.1, -0.05) is 6.07 Å². The molecule has 0 radical (unpaired) electrons. The number of benzene rings is 1. The summed E-state index contributed by atoms with van der Waals surface area (Å²) >= 11 is 0. The van der Waals surface area contributed by atoms with Gasteiger partial charge < -0.3 is 20.8 Å². The van der Waals surface area contributed by atoms with Crippen LogP contribution in [0.5, 0.6) is 0 Å². The van der Waals surface area contributed by atoms with Crippen molar-refractivity contribution in [3.63, 3.8) is 0 Å². The Kier molecular flexibility index (Phi) is 5.14. The van der Waals surface area contributed by atoms with Gasteiger partial charge in [-0.3, -0.25) is 0 Å². The molecule has 21 heavy (non-hydrogen) atoms. The van der Waals surface area contributed by atoms with E-state index in [1.54, 1.807) is 0 Å². The zero-order valence-corrected chi connectivity index (χ0v) is 10.8. The summed E-state index contributed by atoms with van der Waals surface area (Å²) in [6.45, 7) is 1.16. The van der Waals surface area contributed by atoms with Gasteiger partial charge in [0.2, 0.25) is 0 Å². The average molecular weight is 306 g/mol. The number of rotatable bonds is 4. The third-order valence-electron chi connectivity index (χ3n) is 2.48. The number of aliphatic hydroxyl groups is 1. The van der Waals surface area contributed by atoms with Crippen LogP contribution in [0.2, 0.25) is 0 Å². The highest BCUT2D eigenvalue weighted by atomic mass is 19.4. The number of anilines is 1. The van der Waals surface area contributed by atoms with Crippen LogP contribution < -0.4 is 10.6 Å². The van der Waals surface area contributed by atoms with E-state index in [-0.39, 0.29) is 5.69 Å². The summed E-state index contributed by atoms with van der Waals surface area (Å²) in [6.07, 6.45) is -5.92. The Bertz CT molecular complexity index is 531. The van der Waals surface area contributed by atoms with E-state index in [9.17, 15) is 27.9 Å². The van der Waals surface area contributed by atoms with E-state index in [0.717, 1.165) is 19.1 Å². The van der Waals surface area contributed by atoms with Gasteiger partial charge in [0.25, 0.3) is 0 Å². The Morgan fingerprint density at radius 2 is 1.90 bits per heavy atom. The molecule has 2 amide bonds. The van der Waals surface area contributed by atoms with Crippen LogP contribution in [0.1, 0.15) is 12.5 Å². The van der Waals surface area contributed by atoms with Crippen molar-refractivity contribution < 1.29 is 33.0 Å². The lowest BCUT2D eigenvalue weighted by molar-refractivity contribution is -0.141. The number of urea groups is 1. The third kappa shape index (κ3) is 4.95. The molecule has 0 spiro atoms. The molecule has 9 heteroatoms. The summed E-state index contributed by atoms with van der Waals surface area (Å²) in [7, 11) is 0. The van der Waals surface area contributed by atoms with Gasteiger partial charge in [0.05, 0.1) is 11.7 Å². The number of carbonyl (C=O) groups is 2. The number of carbonyl (C=O) groups excluding carboxylic acids is 1. The van der Waals surface area contributed by atoms with E-state index >= 15 is 0 Å².